The van der Waals surface area contributed by atoms with Crippen LogP contribution < -0.4 is 10.5 Å². The summed E-state index contributed by atoms with van der Waals surface area (Å²) in [6.45, 7) is 0.709. The third-order valence-electron chi connectivity index (χ3n) is 3.35. The van der Waals surface area contributed by atoms with Gasteiger partial charge in [0.2, 0.25) is 0 Å². The van der Waals surface area contributed by atoms with Crippen LogP contribution in [-0.2, 0) is 6.42 Å². The summed E-state index contributed by atoms with van der Waals surface area (Å²) in [5.41, 5.74) is 7.63. The summed E-state index contributed by atoms with van der Waals surface area (Å²) >= 11 is 0. The Hall–Kier alpha value is -2.36. The van der Waals surface area contributed by atoms with Crippen LogP contribution in [0.2, 0.25) is 0 Å². The Morgan fingerprint density at radius 2 is 2.00 bits per heavy atom. The molecule has 102 valence electrons. The van der Waals surface area contributed by atoms with Gasteiger partial charge < -0.3 is 10.5 Å². The van der Waals surface area contributed by atoms with Crippen molar-refractivity contribution in [2.45, 2.75) is 12.8 Å². The molecule has 1 heterocycles. The molecular formula is C16H14FNO2. The third kappa shape index (κ3) is 2.37. The molecule has 3 rings (SSSR count). The lowest BCUT2D eigenvalue weighted by molar-refractivity contribution is 0.103. The van der Waals surface area contributed by atoms with Crippen LogP contribution in [0.15, 0.2) is 36.4 Å². The highest BCUT2D eigenvalue weighted by atomic mass is 19.1. The molecule has 0 amide bonds. The van der Waals surface area contributed by atoms with E-state index in [1.165, 1.54) is 18.2 Å². The number of hydrogen-bond acceptors (Lipinski definition) is 3. The van der Waals surface area contributed by atoms with Crippen LogP contribution in [0.1, 0.15) is 27.9 Å². The average molecular weight is 271 g/mol. The smallest absolute Gasteiger partial charge is 0.193 e. The van der Waals surface area contributed by atoms with Crippen molar-refractivity contribution >= 4 is 11.5 Å². The minimum Gasteiger partial charge on any atom is -0.493 e. The lowest BCUT2D eigenvalue weighted by Crippen LogP contribution is -2.10. The average Bonchev–Trinajstić information content (AvgIpc) is 2.45. The van der Waals surface area contributed by atoms with Crippen molar-refractivity contribution in [2.75, 3.05) is 12.3 Å². The van der Waals surface area contributed by atoms with Gasteiger partial charge in [0, 0.05) is 16.8 Å². The largest absolute Gasteiger partial charge is 0.493 e. The first-order valence-electron chi connectivity index (χ1n) is 6.50. The Kier molecular flexibility index (Phi) is 3.14. The monoisotopic (exact) mass is 271 g/mol. The highest BCUT2D eigenvalue weighted by molar-refractivity contribution is 6.09. The van der Waals surface area contributed by atoms with Crippen molar-refractivity contribution in [2.24, 2.45) is 0 Å². The van der Waals surface area contributed by atoms with Gasteiger partial charge in [-0.2, -0.15) is 0 Å². The maximum Gasteiger partial charge on any atom is 0.193 e. The lowest BCUT2D eigenvalue weighted by atomic mass is 9.98. The van der Waals surface area contributed by atoms with E-state index in [0.717, 1.165) is 24.2 Å². The van der Waals surface area contributed by atoms with Crippen molar-refractivity contribution in [1.82, 2.24) is 0 Å². The van der Waals surface area contributed by atoms with E-state index in [2.05, 4.69) is 0 Å². The van der Waals surface area contributed by atoms with Gasteiger partial charge in [0.15, 0.2) is 5.78 Å². The summed E-state index contributed by atoms with van der Waals surface area (Å²) in [6.07, 6.45) is 1.83. The Morgan fingerprint density at radius 3 is 2.80 bits per heavy atom. The number of hydrogen-bond donors (Lipinski definition) is 1. The molecular weight excluding hydrogens is 257 g/mol. The number of aryl methyl sites for hydroxylation is 1. The number of anilines is 1. The number of benzene rings is 2. The van der Waals surface area contributed by atoms with E-state index in [4.69, 9.17) is 10.5 Å². The van der Waals surface area contributed by atoms with Crippen molar-refractivity contribution in [3.63, 3.8) is 0 Å². The molecule has 0 saturated carbocycles. The topological polar surface area (TPSA) is 52.3 Å². The Balaban J connectivity index is 1.97. The molecule has 20 heavy (non-hydrogen) atoms. The van der Waals surface area contributed by atoms with E-state index in [-0.39, 0.29) is 17.0 Å². The molecule has 0 atom stereocenters. The van der Waals surface area contributed by atoms with Gasteiger partial charge in [-0.3, -0.25) is 4.79 Å². The van der Waals surface area contributed by atoms with Crippen LogP contribution in [-0.4, -0.2) is 12.4 Å². The van der Waals surface area contributed by atoms with Crippen LogP contribution in [0.25, 0.3) is 0 Å². The maximum atomic E-state index is 13.3. The van der Waals surface area contributed by atoms with Crippen LogP contribution in [0.5, 0.6) is 5.75 Å². The predicted octanol–water partition coefficient (Wildman–Crippen LogP) is 2.96. The maximum absolute atomic E-state index is 13.3. The number of halogens is 1. The molecule has 4 heteroatoms. The van der Waals surface area contributed by atoms with Crippen LogP contribution in [0, 0.1) is 5.82 Å². The van der Waals surface area contributed by atoms with E-state index in [1.54, 1.807) is 12.1 Å². The first-order chi connectivity index (χ1) is 9.63. The Bertz CT molecular complexity index is 662. The molecule has 0 unspecified atom stereocenters. The Morgan fingerprint density at radius 1 is 1.15 bits per heavy atom. The Labute approximate surface area is 116 Å². The number of nitrogen functional groups attached to an aromatic ring is 1. The molecule has 0 fully saturated rings. The van der Waals surface area contributed by atoms with E-state index in [0.29, 0.717) is 12.2 Å². The normalized spacial score (nSPS) is 13.4. The zero-order chi connectivity index (χ0) is 14.1. The number of carbonyl (C=O) groups excluding carboxylic acids is 1. The number of rotatable bonds is 2. The number of carbonyl (C=O) groups is 1. The van der Waals surface area contributed by atoms with Crippen molar-refractivity contribution < 1.29 is 13.9 Å². The van der Waals surface area contributed by atoms with E-state index >= 15 is 0 Å². The molecule has 1 aliphatic rings. The fourth-order valence-electron chi connectivity index (χ4n) is 2.41. The van der Waals surface area contributed by atoms with Gasteiger partial charge >= 0.3 is 0 Å². The molecule has 0 saturated heterocycles. The minimum absolute atomic E-state index is 0.232. The zero-order valence-corrected chi connectivity index (χ0v) is 10.9. The molecule has 0 bridgehead atoms. The SMILES string of the molecule is Nc1cc(F)cc(C(=O)c2ccc3c(c2)CCCO3)c1. The number of nitrogens with two attached hydrogens (primary N) is 1. The van der Waals surface area contributed by atoms with Gasteiger partial charge in [-0.25, -0.2) is 4.39 Å². The molecule has 0 aliphatic carbocycles. The molecule has 1 aliphatic heterocycles. The predicted molar refractivity (Wildman–Crippen MR) is 74.5 cm³/mol. The van der Waals surface area contributed by atoms with Crippen molar-refractivity contribution in [1.29, 1.82) is 0 Å². The summed E-state index contributed by atoms with van der Waals surface area (Å²) in [7, 11) is 0. The van der Waals surface area contributed by atoms with Gasteiger partial charge in [-0.15, -0.1) is 0 Å². The molecule has 0 spiro atoms. The highest BCUT2D eigenvalue weighted by Gasteiger charge is 2.15. The van der Waals surface area contributed by atoms with Crippen LogP contribution in [0.3, 0.4) is 0 Å². The quantitative estimate of drug-likeness (QED) is 0.675. The van der Waals surface area contributed by atoms with Gasteiger partial charge in [0.1, 0.15) is 11.6 Å². The highest BCUT2D eigenvalue weighted by Crippen LogP contribution is 2.26. The molecule has 2 aromatic carbocycles. The molecule has 3 nitrogen and oxygen atoms in total. The molecule has 2 aromatic rings. The summed E-state index contributed by atoms with van der Waals surface area (Å²) in [5, 5.41) is 0. The fourth-order valence-corrected chi connectivity index (χ4v) is 2.41. The van der Waals surface area contributed by atoms with Crippen molar-refractivity contribution in [3.05, 3.63) is 58.9 Å². The van der Waals surface area contributed by atoms with Gasteiger partial charge in [-0.05, 0) is 54.8 Å². The summed E-state index contributed by atoms with van der Waals surface area (Å²) in [6, 6.07) is 9.20. The van der Waals surface area contributed by atoms with Crippen molar-refractivity contribution in [3.8, 4) is 5.75 Å². The molecule has 0 aromatic heterocycles. The van der Waals surface area contributed by atoms with Crippen LogP contribution >= 0.6 is 0 Å². The summed E-state index contributed by atoms with van der Waals surface area (Å²) in [5.74, 6) is 0.0887. The zero-order valence-electron chi connectivity index (χ0n) is 10.9. The van der Waals surface area contributed by atoms with E-state index in [1.807, 2.05) is 6.07 Å². The fraction of sp³-hybridized carbons (Fsp3) is 0.188. The van der Waals surface area contributed by atoms with Crippen LogP contribution in [0.4, 0.5) is 10.1 Å². The van der Waals surface area contributed by atoms with E-state index in [9.17, 15) is 9.18 Å². The second kappa shape index (κ2) is 4.96. The number of ketones is 1. The summed E-state index contributed by atoms with van der Waals surface area (Å²) < 4.78 is 18.8. The number of fused-ring (bicyclic) bond motifs is 1. The summed E-state index contributed by atoms with van der Waals surface area (Å²) in [4.78, 5) is 12.4. The van der Waals surface area contributed by atoms with Gasteiger partial charge in [-0.1, -0.05) is 0 Å². The molecule has 2 N–H and O–H groups in total. The lowest BCUT2D eigenvalue weighted by Gasteiger charge is -2.17. The first-order valence-corrected chi connectivity index (χ1v) is 6.50. The van der Waals surface area contributed by atoms with Gasteiger partial charge in [0.25, 0.3) is 0 Å². The third-order valence-corrected chi connectivity index (χ3v) is 3.35. The number of ether oxygens (including phenoxy) is 1. The second-order valence-electron chi connectivity index (χ2n) is 4.88. The standard InChI is InChI=1S/C16H14FNO2/c17-13-7-12(8-14(18)9-13)16(19)11-3-4-15-10(6-11)2-1-5-20-15/h3-4,6-9H,1-2,5,18H2. The first kappa shape index (κ1) is 12.7. The van der Waals surface area contributed by atoms with Gasteiger partial charge in [0.05, 0.1) is 6.61 Å². The molecule has 0 radical (unpaired) electrons. The minimum atomic E-state index is -0.505. The second-order valence-corrected chi connectivity index (χ2v) is 4.88. The van der Waals surface area contributed by atoms with E-state index < -0.39 is 5.82 Å².